The van der Waals surface area contributed by atoms with E-state index in [1.807, 2.05) is 18.2 Å². The summed E-state index contributed by atoms with van der Waals surface area (Å²) < 4.78 is 0. The van der Waals surface area contributed by atoms with Crippen molar-refractivity contribution < 1.29 is 4.79 Å². The number of amides is 1. The molecule has 1 amide bonds. The van der Waals surface area contributed by atoms with Crippen LogP contribution in [0.3, 0.4) is 0 Å². The largest absolute Gasteiger partial charge is 0.356 e. The zero-order valence-electron chi connectivity index (χ0n) is 15.1. The van der Waals surface area contributed by atoms with Gasteiger partial charge in [0.05, 0.1) is 0 Å². The second-order valence-electron chi connectivity index (χ2n) is 7.01. The fourth-order valence-electron chi connectivity index (χ4n) is 3.53. The van der Waals surface area contributed by atoms with Crippen molar-refractivity contribution in [1.29, 1.82) is 0 Å². The number of hydrogen-bond donors (Lipinski definition) is 1. The minimum Gasteiger partial charge on any atom is -0.356 e. The summed E-state index contributed by atoms with van der Waals surface area (Å²) in [6.45, 7) is 6.08. The van der Waals surface area contributed by atoms with E-state index in [4.69, 9.17) is 0 Å². The Labute approximate surface area is 151 Å². The highest BCUT2D eigenvalue weighted by atomic mass is 16.1. The highest BCUT2D eigenvalue weighted by Crippen LogP contribution is 2.19. The Bertz CT molecular complexity index is 683. The van der Waals surface area contributed by atoms with Gasteiger partial charge in [-0.1, -0.05) is 61.5 Å². The quantitative estimate of drug-likeness (QED) is 0.781. The summed E-state index contributed by atoms with van der Waals surface area (Å²) in [5.74, 6) is 0.417. The van der Waals surface area contributed by atoms with Crippen molar-refractivity contribution in [3.8, 4) is 0 Å². The van der Waals surface area contributed by atoms with Crippen LogP contribution in [0.1, 0.15) is 42.4 Å². The minimum atomic E-state index is 0.153. The van der Waals surface area contributed by atoms with Crippen molar-refractivity contribution >= 4 is 5.91 Å². The number of rotatable bonds is 7. The van der Waals surface area contributed by atoms with Crippen LogP contribution in [0, 0.1) is 0 Å². The van der Waals surface area contributed by atoms with Crippen molar-refractivity contribution in [3.05, 3.63) is 71.3 Å². The standard InChI is InChI=1S/C22H28N2O/c1-18(19-8-3-2-4-9-19)16-22(25)23-13-7-14-24-15-12-20-10-5-6-11-21(20)17-24/h2-6,8-11,18H,7,12-17H2,1H3,(H,23,25). The molecule has 1 aliphatic rings. The first-order valence-electron chi connectivity index (χ1n) is 9.33. The summed E-state index contributed by atoms with van der Waals surface area (Å²) >= 11 is 0. The number of benzene rings is 2. The number of carbonyl (C=O) groups is 1. The van der Waals surface area contributed by atoms with Crippen molar-refractivity contribution in [2.45, 2.75) is 38.6 Å². The third-order valence-corrected chi connectivity index (χ3v) is 5.04. The molecule has 1 aliphatic heterocycles. The molecule has 3 rings (SSSR count). The van der Waals surface area contributed by atoms with Crippen LogP contribution in [0.4, 0.5) is 0 Å². The lowest BCUT2D eigenvalue weighted by Gasteiger charge is -2.28. The van der Waals surface area contributed by atoms with Gasteiger partial charge in [-0.15, -0.1) is 0 Å². The molecule has 0 radical (unpaired) electrons. The van der Waals surface area contributed by atoms with Crippen LogP contribution in [0.5, 0.6) is 0 Å². The van der Waals surface area contributed by atoms with Gasteiger partial charge in [-0.3, -0.25) is 9.69 Å². The van der Waals surface area contributed by atoms with Gasteiger partial charge in [0.25, 0.3) is 0 Å². The number of hydrogen-bond acceptors (Lipinski definition) is 2. The van der Waals surface area contributed by atoms with Gasteiger partial charge < -0.3 is 5.32 Å². The van der Waals surface area contributed by atoms with E-state index in [1.165, 1.54) is 16.7 Å². The zero-order valence-corrected chi connectivity index (χ0v) is 15.1. The molecule has 0 bridgehead atoms. The first-order chi connectivity index (χ1) is 12.2. The summed E-state index contributed by atoms with van der Waals surface area (Å²) in [5.41, 5.74) is 4.17. The molecule has 25 heavy (non-hydrogen) atoms. The Kier molecular flexibility index (Phi) is 6.24. The number of nitrogens with one attached hydrogen (secondary N) is 1. The Morgan fingerprint density at radius 2 is 1.80 bits per heavy atom. The predicted molar refractivity (Wildman–Crippen MR) is 103 cm³/mol. The Morgan fingerprint density at radius 3 is 2.60 bits per heavy atom. The Morgan fingerprint density at radius 1 is 1.08 bits per heavy atom. The molecular formula is C22H28N2O. The number of nitrogens with zero attached hydrogens (tertiary/aromatic N) is 1. The van der Waals surface area contributed by atoms with Gasteiger partial charge in [0.15, 0.2) is 0 Å². The van der Waals surface area contributed by atoms with Gasteiger partial charge in [-0.05, 0) is 35.4 Å². The van der Waals surface area contributed by atoms with E-state index in [2.05, 4.69) is 53.5 Å². The maximum absolute atomic E-state index is 12.1. The monoisotopic (exact) mass is 336 g/mol. The van der Waals surface area contributed by atoms with Crippen molar-refractivity contribution in [3.63, 3.8) is 0 Å². The molecule has 0 saturated heterocycles. The second-order valence-corrected chi connectivity index (χ2v) is 7.01. The summed E-state index contributed by atoms with van der Waals surface area (Å²) in [6.07, 6.45) is 2.70. The van der Waals surface area contributed by atoms with Crippen LogP contribution in [-0.4, -0.2) is 30.4 Å². The van der Waals surface area contributed by atoms with Crippen LogP contribution in [0.25, 0.3) is 0 Å². The van der Waals surface area contributed by atoms with Crippen molar-refractivity contribution in [2.24, 2.45) is 0 Å². The molecule has 0 fully saturated rings. The first-order valence-corrected chi connectivity index (χ1v) is 9.33. The van der Waals surface area contributed by atoms with Crippen molar-refractivity contribution in [1.82, 2.24) is 10.2 Å². The molecule has 3 heteroatoms. The van der Waals surface area contributed by atoms with Crippen LogP contribution >= 0.6 is 0 Å². The normalized spacial score (nSPS) is 15.4. The maximum atomic E-state index is 12.1. The van der Waals surface area contributed by atoms with Gasteiger partial charge in [-0.25, -0.2) is 0 Å². The fourth-order valence-corrected chi connectivity index (χ4v) is 3.53. The molecule has 2 aromatic carbocycles. The Balaban J connectivity index is 1.34. The van der Waals surface area contributed by atoms with Gasteiger partial charge in [0.2, 0.25) is 5.91 Å². The molecule has 1 heterocycles. The molecule has 0 spiro atoms. The SMILES string of the molecule is CC(CC(=O)NCCCN1CCc2ccccc2C1)c1ccccc1. The fraction of sp³-hybridized carbons (Fsp3) is 0.409. The summed E-state index contributed by atoms with van der Waals surface area (Å²) in [4.78, 5) is 14.6. The van der Waals surface area contributed by atoms with Gasteiger partial charge in [-0.2, -0.15) is 0 Å². The van der Waals surface area contributed by atoms with Gasteiger partial charge in [0.1, 0.15) is 0 Å². The smallest absolute Gasteiger partial charge is 0.220 e. The highest BCUT2D eigenvalue weighted by molar-refractivity contribution is 5.76. The minimum absolute atomic E-state index is 0.153. The van der Waals surface area contributed by atoms with E-state index in [9.17, 15) is 4.79 Å². The lowest BCUT2D eigenvalue weighted by molar-refractivity contribution is -0.121. The van der Waals surface area contributed by atoms with Gasteiger partial charge >= 0.3 is 0 Å². The molecule has 3 nitrogen and oxygen atoms in total. The first kappa shape index (κ1) is 17.7. The van der Waals surface area contributed by atoms with Crippen LogP contribution in [0.15, 0.2) is 54.6 Å². The van der Waals surface area contributed by atoms with E-state index in [0.29, 0.717) is 6.42 Å². The van der Waals surface area contributed by atoms with E-state index in [0.717, 1.165) is 39.0 Å². The topological polar surface area (TPSA) is 32.3 Å². The molecule has 0 aliphatic carbocycles. The average Bonchev–Trinajstić information content (AvgIpc) is 2.66. The summed E-state index contributed by atoms with van der Waals surface area (Å²) in [5, 5.41) is 3.08. The average molecular weight is 336 g/mol. The van der Waals surface area contributed by atoms with Crippen LogP contribution in [-0.2, 0) is 17.8 Å². The van der Waals surface area contributed by atoms with Crippen LogP contribution in [0.2, 0.25) is 0 Å². The van der Waals surface area contributed by atoms with Crippen LogP contribution < -0.4 is 5.32 Å². The molecule has 2 aromatic rings. The predicted octanol–water partition coefficient (Wildman–Crippen LogP) is 3.74. The van der Waals surface area contributed by atoms with Gasteiger partial charge in [0, 0.05) is 32.6 Å². The molecule has 0 saturated carbocycles. The lowest BCUT2D eigenvalue weighted by Crippen LogP contribution is -2.33. The van der Waals surface area contributed by atoms with E-state index in [-0.39, 0.29) is 11.8 Å². The molecule has 132 valence electrons. The van der Waals surface area contributed by atoms with E-state index < -0.39 is 0 Å². The van der Waals surface area contributed by atoms with E-state index >= 15 is 0 Å². The Hall–Kier alpha value is -2.13. The molecular weight excluding hydrogens is 308 g/mol. The zero-order chi connectivity index (χ0) is 17.5. The number of carbonyl (C=O) groups excluding carboxylic acids is 1. The third-order valence-electron chi connectivity index (χ3n) is 5.04. The molecule has 1 N–H and O–H groups in total. The molecule has 0 aromatic heterocycles. The van der Waals surface area contributed by atoms with Crippen molar-refractivity contribution in [2.75, 3.05) is 19.6 Å². The maximum Gasteiger partial charge on any atom is 0.220 e. The lowest BCUT2D eigenvalue weighted by atomic mass is 9.97. The van der Waals surface area contributed by atoms with E-state index in [1.54, 1.807) is 0 Å². The molecule has 1 unspecified atom stereocenters. The second kappa shape index (κ2) is 8.82. The third kappa shape index (κ3) is 5.17. The number of fused-ring (bicyclic) bond motifs is 1. The highest BCUT2D eigenvalue weighted by Gasteiger charge is 2.15. The molecule has 1 atom stereocenters. The summed E-state index contributed by atoms with van der Waals surface area (Å²) in [6, 6.07) is 19.0. The summed E-state index contributed by atoms with van der Waals surface area (Å²) in [7, 11) is 0.